The molecule has 0 atom stereocenters. The third-order valence-corrected chi connectivity index (χ3v) is 3.09. The van der Waals surface area contributed by atoms with Crippen molar-refractivity contribution in [1.29, 1.82) is 0 Å². The summed E-state index contributed by atoms with van der Waals surface area (Å²) in [7, 11) is 1.90. The molecular formula is C16H17NO4. The van der Waals surface area contributed by atoms with E-state index in [9.17, 15) is 9.90 Å². The number of aromatic hydroxyl groups is 1. The lowest BCUT2D eigenvalue weighted by Crippen LogP contribution is -2.24. The number of hydrogen-bond donors (Lipinski definition) is 2. The predicted octanol–water partition coefficient (Wildman–Crippen LogP) is 2.61. The van der Waals surface area contributed by atoms with E-state index in [1.807, 2.05) is 11.9 Å². The van der Waals surface area contributed by atoms with E-state index < -0.39 is 5.97 Å². The molecule has 110 valence electrons. The highest BCUT2D eigenvalue weighted by atomic mass is 16.5. The second-order valence-corrected chi connectivity index (χ2v) is 4.59. The quantitative estimate of drug-likeness (QED) is 0.854. The van der Waals surface area contributed by atoms with Gasteiger partial charge in [0.1, 0.15) is 23.7 Å². The number of carbonyl (C=O) groups is 1. The Morgan fingerprint density at radius 3 is 2.48 bits per heavy atom. The molecule has 0 aliphatic carbocycles. The highest BCUT2D eigenvalue weighted by Gasteiger charge is 2.10. The Kier molecular flexibility index (Phi) is 4.66. The zero-order valence-electron chi connectivity index (χ0n) is 11.7. The molecular weight excluding hydrogens is 270 g/mol. The summed E-state index contributed by atoms with van der Waals surface area (Å²) in [6, 6.07) is 13.4. The van der Waals surface area contributed by atoms with Gasteiger partial charge in [-0.25, -0.2) is 4.79 Å². The Morgan fingerprint density at radius 2 is 1.81 bits per heavy atom. The second-order valence-electron chi connectivity index (χ2n) is 4.59. The van der Waals surface area contributed by atoms with Crippen molar-refractivity contribution in [2.24, 2.45) is 0 Å². The van der Waals surface area contributed by atoms with Crippen molar-refractivity contribution < 1.29 is 19.7 Å². The highest BCUT2D eigenvalue weighted by molar-refractivity contribution is 5.90. The van der Waals surface area contributed by atoms with Crippen LogP contribution < -0.4 is 9.64 Å². The van der Waals surface area contributed by atoms with Crippen molar-refractivity contribution in [2.45, 2.75) is 0 Å². The maximum atomic E-state index is 11.1. The van der Waals surface area contributed by atoms with Gasteiger partial charge in [-0.1, -0.05) is 12.1 Å². The van der Waals surface area contributed by atoms with Crippen LogP contribution in [0.15, 0.2) is 48.5 Å². The fourth-order valence-corrected chi connectivity index (χ4v) is 1.90. The fourth-order valence-electron chi connectivity index (χ4n) is 1.90. The number of carboxylic acids is 1. The van der Waals surface area contributed by atoms with Crippen LogP contribution in [0.1, 0.15) is 10.4 Å². The molecule has 0 unspecified atom stereocenters. The maximum Gasteiger partial charge on any atom is 0.339 e. The van der Waals surface area contributed by atoms with E-state index in [-0.39, 0.29) is 11.3 Å². The van der Waals surface area contributed by atoms with Gasteiger partial charge in [-0.15, -0.1) is 0 Å². The van der Waals surface area contributed by atoms with Gasteiger partial charge in [-0.05, 0) is 36.4 Å². The van der Waals surface area contributed by atoms with Crippen LogP contribution in [0.3, 0.4) is 0 Å². The predicted molar refractivity (Wildman–Crippen MR) is 80.3 cm³/mol. The van der Waals surface area contributed by atoms with Crippen LogP contribution in [0.5, 0.6) is 11.5 Å². The van der Waals surface area contributed by atoms with Crippen molar-refractivity contribution in [3.05, 3.63) is 54.1 Å². The van der Waals surface area contributed by atoms with E-state index in [0.29, 0.717) is 18.9 Å². The first-order valence-corrected chi connectivity index (χ1v) is 6.53. The summed E-state index contributed by atoms with van der Waals surface area (Å²) in [5, 5.41) is 18.3. The van der Waals surface area contributed by atoms with Crippen LogP contribution >= 0.6 is 0 Å². The molecule has 5 nitrogen and oxygen atoms in total. The van der Waals surface area contributed by atoms with Crippen molar-refractivity contribution in [1.82, 2.24) is 0 Å². The molecule has 21 heavy (non-hydrogen) atoms. The summed E-state index contributed by atoms with van der Waals surface area (Å²) in [5.41, 5.74) is 1.10. The summed E-state index contributed by atoms with van der Waals surface area (Å²) in [6.07, 6.45) is 0. The van der Waals surface area contributed by atoms with Gasteiger partial charge in [-0.2, -0.15) is 0 Å². The SMILES string of the molecule is CN(CCOc1ccccc1C(=O)O)c1ccc(O)cc1. The van der Waals surface area contributed by atoms with Gasteiger partial charge in [0.05, 0.1) is 6.54 Å². The van der Waals surface area contributed by atoms with Crippen LogP contribution in [0.25, 0.3) is 0 Å². The average molecular weight is 287 g/mol. The number of phenols is 1. The molecule has 0 radical (unpaired) electrons. The van der Waals surface area contributed by atoms with Crippen molar-refractivity contribution in [3.63, 3.8) is 0 Å². The standard InChI is InChI=1S/C16H17NO4/c1-17(12-6-8-13(18)9-7-12)10-11-21-15-5-3-2-4-14(15)16(19)20/h2-9,18H,10-11H2,1H3,(H,19,20). The molecule has 2 N–H and O–H groups in total. The molecule has 0 amide bonds. The number of likely N-dealkylation sites (N-methyl/N-ethyl adjacent to an activating group) is 1. The first-order valence-electron chi connectivity index (χ1n) is 6.53. The Bertz CT molecular complexity index is 610. The van der Waals surface area contributed by atoms with E-state index in [4.69, 9.17) is 9.84 Å². The van der Waals surface area contributed by atoms with Crippen LogP contribution in [0, 0.1) is 0 Å². The number of anilines is 1. The van der Waals surface area contributed by atoms with Gasteiger partial charge in [-0.3, -0.25) is 0 Å². The molecule has 0 aromatic heterocycles. The Labute approximate surface area is 123 Å². The van der Waals surface area contributed by atoms with Crippen LogP contribution in [-0.4, -0.2) is 36.4 Å². The number of rotatable bonds is 6. The zero-order valence-corrected chi connectivity index (χ0v) is 11.7. The number of carboxylic acid groups (broad SMARTS) is 1. The monoisotopic (exact) mass is 287 g/mol. The summed E-state index contributed by atoms with van der Waals surface area (Å²) < 4.78 is 5.54. The topological polar surface area (TPSA) is 70.0 Å². The van der Waals surface area contributed by atoms with E-state index in [1.165, 1.54) is 6.07 Å². The smallest absolute Gasteiger partial charge is 0.339 e. The molecule has 0 saturated carbocycles. The van der Waals surface area contributed by atoms with Gasteiger partial charge in [0, 0.05) is 12.7 Å². The van der Waals surface area contributed by atoms with Gasteiger partial charge < -0.3 is 19.8 Å². The van der Waals surface area contributed by atoms with Crippen molar-refractivity contribution in [2.75, 3.05) is 25.1 Å². The molecule has 2 rings (SSSR count). The normalized spacial score (nSPS) is 10.1. The van der Waals surface area contributed by atoms with Crippen LogP contribution in [-0.2, 0) is 0 Å². The molecule has 0 fully saturated rings. The summed E-state index contributed by atoms with van der Waals surface area (Å²) >= 11 is 0. The summed E-state index contributed by atoms with van der Waals surface area (Å²) in [6.45, 7) is 0.959. The molecule has 0 aliphatic heterocycles. The van der Waals surface area contributed by atoms with E-state index in [1.54, 1.807) is 42.5 Å². The van der Waals surface area contributed by atoms with Crippen LogP contribution in [0.4, 0.5) is 5.69 Å². The fraction of sp³-hybridized carbons (Fsp3) is 0.188. The number of aromatic carboxylic acids is 1. The number of ether oxygens (including phenoxy) is 1. The van der Waals surface area contributed by atoms with E-state index >= 15 is 0 Å². The number of para-hydroxylation sites is 1. The number of phenolic OH excluding ortho intramolecular Hbond substituents is 1. The Hall–Kier alpha value is -2.69. The lowest BCUT2D eigenvalue weighted by molar-refractivity contribution is 0.0692. The molecule has 0 spiro atoms. The minimum Gasteiger partial charge on any atom is -0.508 e. The molecule has 2 aromatic carbocycles. The summed E-state index contributed by atoms with van der Waals surface area (Å²) in [4.78, 5) is 13.0. The summed E-state index contributed by atoms with van der Waals surface area (Å²) in [5.74, 6) is -0.416. The van der Waals surface area contributed by atoms with Crippen LogP contribution in [0.2, 0.25) is 0 Å². The van der Waals surface area contributed by atoms with Gasteiger partial charge >= 0.3 is 5.97 Å². The molecule has 0 bridgehead atoms. The second kappa shape index (κ2) is 6.65. The molecule has 2 aromatic rings. The number of hydrogen-bond acceptors (Lipinski definition) is 4. The minimum absolute atomic E-state index is 0.157. The van der Waals surface area contributed by atoms with Crippen molar-refractivity contribution in [3.8, 4) is 11.5 Å². The maximum absolute atomic E-state index is 11.1. The lowest BCUT2D eigenvalue weighted by Gasteiger charge is -2.19. The Balaban J connectivity index is 1.92. The average Bonchev–Trinajstić information content (AvgIpc) is 2.48. The van der Waals surface area contributed by atoms with Crippen molar-refractivity contribution >= 4 is 11.7 Å². The van der Waals surface area contributed by atoms with Gasteiger partial charge in [0.25, 0.3) is 0 Å². The van der Waals surface area contributed by atoms with Gasteiger partial charge in [0.2, 0.25) is 0 Å². The van der Waals surface area contributed by atoms with E-state index in [0.717, 1.165) is 5.69 Å². The minimum atomic E-state index is -1.00. The van der Waals surface area contributed by atoms with E-state index in [2.05, 4.69) is 0 Å². The highest BCUT2D eigenvalue weighted by Crippen LogP contribution is 2.19. The molecule has 5 heteroatoms. The molecule has 0 aliphatic rings. The number of nitrogens with zero attached hydrogens (tertiary/aromatic N) is 1. The number of benzene rings is 2. The third kappa shape index (κ3) is 3.89. The third-order valence-electron chi connectivity index (χ3n) is 3.09. The first-order chi connectivity index (χ1) is 10.1. The largest absolute Gasteiger partial charge is 0.508 e. The zero-order chi connectivity index (χ0) is 15.2. The van der Waals surface area contributed by atoms with Gasteiger partial charge in [0.15, 0.2) is 0 Å². The first kappa shape index (κ1) is 14.7. The lowest BCUT2D eigenvalue weighted by atomic mass is 10.2. The molecule has 0 heterocycles. The molecule has 0 saturated heterocycles. The Morgan fingerprint density at radius 1 is 1.14 bits per heavy atom.